The summed E-state index contributed by atoms with van der Waals surface area (Å²) in [5.41, 5.74) is -1.21. The Hall–Kier alpha value is -2.91. The fourth-order valence-electron chi connectivity index (χ4n) is 2.62. The molecule has 0 aliphatic rings. The summed E-state index contributed by atoms with van der Waals surface area (Å²) in [6, 6.07) is 7.93. The number of anilines is 1. The topological polar surface area (TPSA) is 51.2 Å². The van der Waals surface area contributed by atoms with Gasteiger partial charge in [0.05, 0.1) is 27.0 Å². The number of nitrogens with one attached hydrogen (secondary N) is 1. The molecule has 3 rings (SSSR count). The maximum Gasteiger partial charge on any atom is 0.425 e. The third-order valence-corrected chi connectivity index (χ3v) is 4.82. The van der Waals surface area contributed by atoms with Gasteiger partial charge < -0.3 is 10.1 Å². The second-order valence-corrected chi connectivity index (χ2v) is 7.39. The van der Waals surface area contributed by atoms with E-state index in [2.05, 4.69) is 10.3 Å². The minimum absolute atomic E-state index is 0.0421. The Morgan fingerprint density at radius 2 is 1.81 bits per heavy atom. The number of hydrogen-bond acceptors (Lipinski definition) is 3. The molecule has 1 heterocycles. The Morgan fingerprint density at radius 3 is 2.41 bits per heavy atom. The zero-order valence-corrected chi connectivity index (χ0v) is 17.6. The molecule has 11 heteroatoms. The number of carbonyl (C=O) groups is 1. The SMILES string of the molecule is CC(Oc1cc(-c2ccc(Cl)cn2)c(F)cc1C(=O)Nc1c(F)cccc1Cl)C(F)(F)F. The number of carbonyl (C=O) groups excluding carboxylic acids is 1. The average Bonchev–Trinajstić information content (AvgIpc) is 2.71. The van der Waals surface area contributed by atoms with Crippen LogP contribution in [0.3, 0.4) is 0 Å². The summed E-state index contributed by atoms with van der Waals surface area (Å²) in [6.45, 7) is 0.721. The highest BCUT2D eigenvalue weighted by molar-refractivity contribution is 6.34. The highest BCUT2D eigenvalue weighted by Gasteiger charge is 2.39. The lowest BCUT2D eigenvalue weighted by Gasteiger charge is -2.20. The molecule has 3 aromatic rings. The van der Waals surface area contributed by atoms with E-state index in [1.54, 1.807) is 0 Å². The predicted octanol–water partition coefficient (Wildman–Crippen LogP) is 6.92. The van der Waals surface area contributed by atoms with Crippen molar-refractivity contribution in [2.45, 2.75) is 19.2 Å². The van der Waals surface area contributed by atoms with Crippen LogP contribution in [0.15, 0.2) is 48.7 Å². The maximum atomic E-state index is 14.8. The summed E-state index contributed by atoms with van der Waals surface area (Å²) in [6.07, 6.45) is -5.88. The summed E-state index contributed by atoms with van der Waals surface area (Å²) in [5, 5.41) is 2.23. The number of pyridine rings is 1. The van der Waals surface area contributed by atoms with E-state index >= 15 is 0 Å². The van der Waals surface area contributed by atoms with E-state index in [9.17, 15) is 26.7 Å². The van der Waals surface area contributed by atoms with Crippen LogP contribution in [0.1, 0.15) is 17.3 Å². The van der Waals surface area contributed by atoms with Crippen molar-refractivity contribution >= 4 is 34.8 Å². The summed E-state index contributed by atoms with van der Waals surface area (Å²) < 4.78 is 73.0. The number of rotatable bonds is 5. The Bertz CT molecular complexity index is 1130. The lowest BCUT2D eigenvalue weighted by molar-refractivity contribution is -0.189. The number of alkyl halides is 3. The molecule has 0 saturated carbocycles. The van der Waals surface area contributed by atoms with Gasteiger partial charge in [-0.25, -0.2) is 8.78 Å². The number of aromatic nitrogens is 1. The van der Waals surface area contributed by atoms with E-state index in [4.69, 9.17) is 27.9 Å². The standard InChI is InChI=1S/C21H13Cl2F5N2O2/c1-10(21(26,27)28)32-18-8-12(17-6-5-11(22)9-29-17)16(25)7-13(18)20(31)30-19-14(23)3-2-4-15(19)24/h2-10H,1H3,(H,30,31). The van der Waals surface area contributed by atoms with E-state index in [0.29, 0.717) is 6.07 Å². The summed E-state index contributed by atoms with van der Waals surface area (Å²) >= 11 is 11.6. The zero-order chi connectivity index (χ0) is 23.6. The molecule has 4 nitrogen and oxygen atoms in total. The Balaban J connectivity index is 2.08. The fourth-order valence-corrected chi connectivity index (χ4v) is 2.94. The molecule has 0 spiro atoms. The van der Waals surface area contributed by atoms with Crippen molar-refractivity contribution in [2.75, 3.05) is 5.32 Å². The van der Waals surface area contributed by atoms with Crippen molar-refractivity contribution in [3.8, 4) is 17.0 Å². The predicted molar refractivity (Wildman–Crippen MR) is 110 cm³/mol. The van der Waals surface area contributed by atoms with Crippen LogP contribution >= 0.6 is 23.2 Å². The van der Waals surface area contributed by atoms with E-state index in [1.165, 1.54) is 30.5 Å². The molecule has 32 heavy (non-hydrogen) atoms. The molecular formula is C21H13Cl2F5N2O2. The molecule has 0 saturated heterocycles. The van der Waals surface area contributed by atoms with Gasteiger partial charge >= 0.3 is 6.18 Å². The minimum atomic E-state index is -4.77. The van der Waals surface area contributed by atoms with Gasteiger partial charge in [-0.2, -0.15) is 13.2 Å². The first-order chi connectivity index (χ1) is 15.0. The van der Waals surface area contributed by atoms with Crippen LogP contribution in [-0.2, 0) is 0 Å². The van der Waals surface area contributed by atoms with Crippen molar-refractivity contribution in [1.29, 1.82) is 0 Å². The van der Waals surface area contributed by atoms with E-state index < -0.39 is 46.8 Å². The van der Waals surface area contributed by atoms with Gasteiger partial charge in [-0.15, -0.1) is 0 Å². The van der Waals surface area contributed by atoms with Crippen molar-refractivity contribution < 1.29 is 31.5 Å². The minimum Gasteiger partial charge on any atom is -0.480 e. The highest BCUT2D eigenvalue weighted by atomic mass is 35.5. The molecule has 1 N–H and O–H groups in total. The number of para-hydroxylation sites is 1. The molecular weight excluding hydrogens is 478 g/mol. The molecule has 0 aliphatic carbocycles. The van der Waals surface area contributed by atoms with Crippen molar-refractivity contribution in [3.63, 3.8) is 0 Å². The lowest BCUT2D eigenvalue weighted by atomic mass is 10.0. The summed E-state index contributed by atoms with van der Waals surface area (Å²) in [4.78, 5) is 16.6. The van der Waals surface area contributed by atoms with Crippen molar-refractivity contribution in [2.24, 2.45) is 0 Å². The summed E-state index contributed by atoms with van der Waals surface area (Å²) in [7, 11) is 0. The molecule has 0 fully saturated rings. The van der Waals surface area contributed by atoms with Crippen LogP contribution in [0, 0.1) is 11.6 Å². The normalized spacial score (nSPS) is 12.4. The van der Waals surface area contributed by atoms with Crippen LogP contribution < -0.4 is 10.1 Å². The quantitative estimate of drug-likeness (QED) is 0.395. The third-order valence-electron chi connectivity index (χ3n) is 4.28. The van der Waals surface area contributed by atoms with Gasteiger partial charge in [0, 0.05) is 11.8 Å². The average molecular weight is 491 g/mol. The number of halogens is 7. The lowest BCUT2D eigenvalue weighted by Crippen LogP contribution is -2.32. The van der Waals surface area contributed by atoms with Gasteiger partial charge in [0.2, 0.25) is 0 Å². The molecule has 168 valence electrons. The van der Waals surface area contributed by atoms with E-state index in [1.807, 2.05) is 0 Å². The van der Waals surface area contributed by atoms with E-state index in [0.717, 1.165) is 19.1 Å². The molecule has 0 aliphatic heterocycles. The maximum absolute atomic E-state index is 14.8. The fraction of sp³-hybridized carbons (Fsp3) is 0.143. The molecule has 1 atom stereocenters. The van der Waals surface area contributed by atoms with Gasteiger partial charge in [-0.1, -0.05) is 29.3 Å². The first-order valence-corrected chi connectivity index (χ1v) is 9.67. The summed E-state index contributed by atoms with van der Waals surface area (Å²) in [5.74, 6) is -3.58. The second-order valence-electron chi connectivity index (χ2n) is 6.54. The molecule has 1 amide bonds. The molecule has 1 aromatic heterocycles. The first kappa shape index (κ1) is 23.7. The van der Waals surface area contributed by atoms with Crippen LogP contribution in [0.5, 0.6) is 5.75 Å². The van der Waals surface area contributed by atoms with Crippen LogP contribution in [0.4, 0.5) is 27.6 Å². The monoisotopic (exact) mass is 490 g/mol. The van der Waals surface area contributed by atoms with Gasteiger partial charge in [0.15, 0.2) is 6.10 Å². The number of hydrogen-bond donors (Lipinski definition) is 1. The number of nitrogens with zero attached hydrogens (tertiary/aromatic N) is 1. The van der Waals surface area contributed by atoms with Crippen LogP contribution in [-0.4, -0.2) is 23.2 Å². The molecule has 0 radical (unpaired) electrons. The molecule has 0 bridgehead atoms. The Labute approximate surface area is 188 Å². The smallest absolute Gasteiger partial charge is 0.425 e. The van der Waals surface area contributed by atoms with Gasteiger partial charge in [0.1, 0.15) is 17.4 Å². The van der Waals surface area contributed by atoms with Gasteiger partial charge in [-0.05, 0) is 43.3 Å². The van der Waals surface area contributed by atoms with Gasteiger partial charge in [0.25, 0.3) is 5.91 Å². The third kappa shape index (κ3) is 5.28. The molecule has 1 unspecified atom stereocenters. The first-order valence-electron chi connectivity index (χ1n) is 8.91. The second kappa shape index (κ2) is 9.30. The number of amides is 1. The number of ether oxygens (including phenoxy) is 1. The van der Waals surface area contributed by atoms with Crippen LogP contribution in [0.2, 0.25) is 10.0 Å². The Morgan fingerprint density at radius 1 is 1.09 bits per heavy atom. The number of benzene rings is 2. The highest BCUT2D eigenvalue weighted by Crippen LogP contribution is 2.34. The van der Waals surface area contributed by atoms with Crippen LogP contribution in [0.25, 0.3) is 11.3 Å². The largest absolute Gasteiger partial charge is 0.480 e. The van der Waals surface area contributed by atoms with Crippen molar-refractivity contribution in [3.05, 3.63) is 75.9 Å². The Kier molecular flexibility index (Phi) is 6.90. The molecule has 2 aromatic carbocycles. The zero-order valence-electron chi connectivity index (χ0n) is 16.1. The van der Waals surface area contributed by atoms with Gasteiger partial charge in [-0.3, -0.25) is 9.78 Å². The van der Waals surface area contributed by atoms with E-state index in [-0.39, 0.29) is 21.3 Å². The van der Waals surface area contributed by atoms with Crippen molar-refractivity contribution in [1.82, 2.24) is 4.98 Å².